The van der Waals surface area contributed by atoms with E-state index in [1.807, 2.05) is 0 Å². The molecule has 0 bridgehead atoms. The third kappa shape index (κ3) is 3.64. The Morgan fingerprint density at radius 2 is 2.40 bits per heavy atom. The van der Waals surface area contributed by atoms with Crippen molar-refractivity contribution in [2.75, 3.05) is 25.1 Å². The number of hydrogen-bond acceptors (Lipinski definition) is 4. The lowest BCUT2D eigenvalue weighted by Crippen LogP contribution is -2.11. The standard InChI is InChI=1S/C10H14ClN3O/c11-9-5-12-7-14-10(9)13-3-4-15-6-8-1-2-8/h5,7-8H,1-4,6H2,(H,12,13,14). The summed E-state index contributed by atoms with van der Waals surface area (Å²) in [4.78, 5) is 7.82. The van der Waals surface area contributed by atoms with Crippen LogP contribution in [0.2, 0.25) is 5.02 Å². The Hall–Kier alpha value is -0.870. The summed E-state index contributed by atoms with van der Waals surface area (Å²) in [5.74, 6) is 1.48. The van der Waals surface area contributed by atoms with Crippen LogP contribution in [0.1, 0.15) is 12.8 Å². The second-order valence-corrected chi connectivity index (χ2v) is 4.07. The van der Waals surface area contributed by atoms with Crippen molar-refractivity contribution in [1.29, 1.82) is 0 Å². The van der Waals surface area contributed by atoms with E-state index in [9.17, 15) is 0 Å². The highest BCUT2D eigenvalue weighted by atomic mass is 35.5. The van der Waals surface area contributed by atoms with Gasteiger partial charge in [0.1, 0.15) is 17.2 Å². The predicted molar refractivity (Wildman–Crippen MR) is 59.1 cm³/mol. The summed E-state index contributed by atoms with van der Waals surface area (Å²) in [5.41, 5.74) is 0. The monoisotopic (exact) mass is 227 g/mol. The van der Waals surface area contributed by atoms with E-state index in [-0.39, 0.29) is 0 Å². The van der Waals surface area contributed by atoms with Crippen LogP contribution in [-0.2, 0) is 4.74 Å². The zero-order chi connectivity index (χ0) is 10.5. The average molecular weight is 228 g/mol. The molecule has 15 heavy (non-hydrogen) atoms. The van der Waals surface area contributed by atoms with E-state index in [4.69, 9.17) is 16.3 Å². The van der Waals surface area contributed by atoms with Gasteiger partial charge in [0.25, 0.3) is 0 Å². The van der Waals surface area contributed by atoms with Crippen LogP contribution in [0, 0.1) is 5.92 Å². The molecule has 0 saturated heterocycles. The second kappa shape index (κ2) is 5.28. The summed E-state index contributed by atoms with van der Waals surface area (Å²) in [6.07, 6.45) is 5.69. The SMILES string of the molecule is Clc1cncnc1NCCOCC1CC1. The third-order valence-electron chi connectivity index (χ3n) is 2.26. The van der Waals surface area contributed by atoms with E-state index in [1.165, 1.54) is 19.2 Å². The third-order valence-corrected chi connectivity index (χ3v) is 2.53. The highest BCUT2D eigenvalue weighted by molar-refractivity contribution is 6.32. The average Bonchev–Trinajstić information content (AvgIpc) is 3.04. The molecule has 0 amide bonds. The zero-order valence-electron chi connectivity index (χ0n) is 8.45. The van der Waals surface area contributed by atoms with Gasteiger partial charge in [-0.1, -0.05) is 11.6 Å². The quantitative estimate of drug-likeness (QED) is 0.755. The summed E-state index contributed by atoms with van der Waals surface area (Å²) in [6, 6.07) is 0. The Morgan fingerprint density at radius 1 is 1.53 bits per heavy atom. The van der Waals surface area contributed by atoms with E-state index < -0.39 is 0 Å². The van der Waals surface area contributed by atoms with Crippen molar-refractivity contribution in [3.8, 4) is 0 Å². The number of ether oxygens (including phenoxy) is 1. The molecule has 1 fully saturated rings. The van der Waals surface area contributed by atoms with Crippen molar-refractivity contribution in [3.63, 3.8) is 0 Å². The molecule has 1 aliphatic carbocycles. The lowest BCUT2D eigenvalue weighted by atomic mass is 10.5. The van der Waals surface area contributed by atoms with Crippen molar-refractivity contribution in [2.45, 2.75) is 12.8 Å². The molecule has 82 valence electrons. The Morgan fingerprint density at radius 3 is 3.13 bits per heavy atom. The topological polar surface area (TPSA) is 47.0 Å². The fraction of sp³-hybridized carbons (Fsp3) is 0.600. The van der Waals surface area contributed by atoms with Gasteiger partial charge >= 0.3 is 0 Å². The summed E-state index contributed by atoms with van der Waals surface area (Å²) in [6.45, 7) is 2.31. The fourth-order valence-corrected chi connectivity index (χ4v) is 1.39. The molecule has 2 rings (SSSR count). The van der Waals surface area contributed by atoms with Crippen LogP contribution in [-0.4, -0.2) is 29.7 Å². The van der Waals surface area contributed by atoms with Gasteiger partial charge in [-0.25, -0.2) is 9.97 Å². The molecular formula is C10H14ClN3O. The molecule has 0 atom stereocenters. The van der Waals surface area contributed by atoms with Crippen LogP contribution in [0.15, 0.2) is 12.5 Å². The molecule has 5 heteroatoms. The summed E-state index contributed by atoms with van der Waals surface area (Å²) >= 11 is 5.87. The molecule has 4 nitrogen and oxygen atoms in total. The van der Waals surface area contributed by atoms with E-state index in [1.54, 1.807) is 6.20 Å². The molecule has 0 spiro atoms. The first-order chi connectivity index (χ1) is 7.36. The molecule has 1 heterocycles. The molecule has 0 radical (unpaired) electrons. The van der Waals surface area contributed by atoms with Crippen LogP contribution in [0.4, 0.5) is 5.82 Å². The number of halogens is 1. The fourth-order valence-electron chi connectivity index (χ4n) is 1.22. The van der Waals surface area contributed by atoms with Gasteiger partial charge < -0.3 is 10.1 Å². The Kier molecular flexibility index (Phi) is 3.75. The molecule has 0 aliphatic heterocycles. The van der Waals surface area contributed by atoms with Crippen molar-refractivity contribution >= 4 is 17.4 Å². The molecule has 1 saturated carbocycles. The molecule has 1 aromatic rings. The number of rotatable bonds is 6. The Labute approximate surface area is 94.0 Å². The minimum atomic E-state index is 0.541. The van der Waals surface area contributed by atoms with Crippen LogP contribution in [0.25, 0.3) is 0 Å². The minimum absolute atomic E-state index is 0.541. The molecule has 1 aromatic heterocycles. The van der Waals surface area contributed by atoms with Gasteiger partial charge in [0.2, 0.25) is 0 Å². The van der Waals surface area contributed by atoms with Crippen LogP contribution < -0.4 is 5.32 Å². The Balaban J connectivity index is 1.62. The lowest BCUT2D eigenvalue weighted by molar-refractivity contribution is 0.134. The zero-order valence-corrected chi connectivity index (χ0v) is 9.20. The molecule has 0 unspecified atom stereocenters. The summed E-state index contributed by atoms with van der Waals surface area (Å²) in [7, 11) is 0. The maximum absolute atomic E-state index is 5.87. The number of nitrogens with zero attached hydrogens (tertiary/aromatic N) is 2. The van der Waals surface area contributed by atoms with Crippen LogP contribution in [0.5, 0.6) is 0 Å². The highest BCUT2D eigenvalue weighted by Crippen LogP contribution is 2.28. The van der Waals surface area contributed by atoms with Gasteiger partial charge in [-0.15, -0.1) is 0 Å². The first-order valence-corrected chi connectivity index (χ1v) is 5.51. The van der Waals surface area contributed by atoms with Gasteiger partial charge in [0.15, 0.2) is 0 Å². The van der Waals surface area contributed by atoms with Gasteiger partial charge in [0.05, 0.1) is 12.8 Å². The predicted octanol–water partition coefficient (Wildman–Crippen LogP) is 1.97. The van der Waals surface area contributed by atoms with Crippen LogP contribution in [0.3, 0.4) is 0 Å². The maximum Gasteiger partial charge on any atom is 0.148 e. The van der Waals surface area contributed by atoms with E-state index >= 15 is 0 Å². The lowest BCUT2D eigenvalue weighted by Gasteiger charge is -2.06. The first-order valence-electron chi connectivity index (χ1n) is 5.13. The Bertz CT molecular complexity index is 317. The second-order valence-electron chi connectivity index (χ2n) is 3.66. The molecule has 1 N–H and O–H groups in total. The number of hydrogen-bond donors (Lipinski definition) is 1. The number of aromatic nitrogens is 2. The smallest absolute Gasteiger partial charge is 0.148 e. The maximum atomic E-state index is 5.87. The van der Waals surface area contributed by atoms with Crippen molar-refractivity contribution in [3.05, 3.63) is 17.5 Å². The largest absolute Gasteiger partial charge is 0.379 e. The van der Waals surface area contributed by atoms with E-state index in [0.29, 0.717) is 17.4 Å². The van der Waals surface area contributed by atoms with Gasteiger partial charge in [-0.2, -0.15) is 0 Å². The van der Waals surface area contributed by atoms with Gasteiger partial charge in [-0.05, 0) is 18.8 Å². The summed E-state index contributed by atoms with van der Waals surface area (Å²) < 4.78 is 5.47. The van der Waals surface area contributed by atoms with Gasteiger partial charge in [0, 0.05) is 13.2 Å². The molecule has 0 aromatic carbocycles. The number of anilines is 1. The van der Waals surface area contributed by atoms with E-state index in [2.05, 4.69) is 15.3 Å². The highest BCUT2D eigenvalue weighted by Gasteiger charge is 2.20. The van der Waals surface area contributed by atoms with E-state index in [0.717, 1.165) is 19.1 Å². The minimum Gasteiger partial charge on any atom is -0.379 e. The van der Waals surface area contributed by atoms with Crippen LogP contribution >= 0.6 is 11.6 Å². The van der Waals surface area contributed by atoms with Crippen molar-refractivity contribution < 1.29 is 4.74 Å². The molecule has 1 aliphatic rings. The molecular weight excluding hydrogens is 214 g/mol. The van der Waals surface area contributed by atoms with Gasteiger partial charge in [-0.3, -0.25) is 0 Å². The number of nitrogens with one attached hydrogen (secondary N) is 1. The van der Waals surface area contributed by atoms with Crippen molar-refractivity contribution in [2.24, 2.45) is 5.92 Å². The van der Waals surface area contributed by atoms with Crippen molar-refractivity contribution in [1.82, 2.24) is 9.97 Å². The normalized spacial score (nSPS) is 15.3. The summed E-state index contributed by atoms with van der Waals surface area (Å²) in [5, 5.41) is 3.64. The first kappa shape index (κ1) is 10.6.